The van der Waals surface area contributed by atoms with E-state index in [0.717, 1.165) is 6.08 Å². The van der Waals surface area contributed by atoms with Crippen LogP contribution in [-0.2, 0) is 4.74 Å². The molecule has 0 aliphatic carbocycles. The van der Waals surface area contributed by atoms with Crippen molar-refractivity contribution < 1.29 is 25.2 Å². The molecule has 0 bridgehead atoms. The molecule has 0 fully saturated rings. The predicted octanol–water partition coefficient (Wildman–Crippen LogP) is -2.07. The zero-order valence-electron chi connectivity index (χ0n) is 5.71. The predicted molar refractivity (Wildman–Crippen MR) is 34.3 cm³/mol. The molecule has 0 spiro atoms. The van der Waals surface area contributed by atoms with Gasteiger partial charge in [0.05, 0.1) is 0 Å². The summed E-state index contributed by atoms with van der Waals surface area (Å²) in [5.74, 6) is 0.0651. The molecular weight excluding hydrogens is 152 g/mol. The smallest absolute Gasteiger partial charge is 0.226 e. The van der Waals surface area contributed by atoms with Crippen molar-refractivity contribution >= 4 is 0 Å². The van der Waals surface area contributed by atoms with E-state index >= 15 is 0 Å². The Labute approximate surface area is 63.2 Å². The van der Waals surface area contributed by atoms with Gasteiger partial charge in [-0.2, -0.15) is 0 Å². The first-order valence-corrected chi connectivity index (χ1v) is 3.17. The first-order chi connectivity index (χ1) is 5.15. The average molecular weight is 162 g/mol. The molecule has 0 aromatic carbocycles. The quantitative estimate of drug-likeness (QED) is 0.356. The van der Waals surface area contributed by atoms with E-state index in [1.54, 1.807) is 0 Å². The van der Waals surface area contributed by atoms with Crippen molar-refractivity contribution in [2.24, 2.45) is 0 Å². The molecule has 5 nitrogen and oxygen atoms in total. The zero-order valence-corrected chi connectivity index (χ0v) is 5.71. The summed E-state index contributed by atoms with van der Waals surface area (Å²) in [4.78, 5) is 0. The maximum atomic E-state index is 8.97. The molecule has 0 saturated heterocycles. The number of ether oxygens (including phenoxy) is 1. The second kappa shape index (κ2) is 3.19. The van der Waals surface area contributed by atoms with Crippen LogP contribution in [0.15, 0.2) is 11.8 Å². The van der Waals surface area contributed by atoms with Gasteiger partial charge in [0.2, 0.25) is 6.29 Å². The van der Waals surface area contributed by atoms with Gasteiger partial charge in [0.1, 0.15) is 24.6 Å². The Morgan fingerprint density at radius 2 is 2.00 bits per heavy atom. The minimum atomic E-state index is -1.46. The van der Waals surface area contributed by atoms with Crippen LogP contribution in [-0.4, -0.2) is 45.5 Å². The van der Waals surface area contributed by atoms with Crippen molar-refractivity contribution in [2.75, 3.05) is 6.61 Å². The largest absolute Gasteiger partial charge is 0.464 e. The molecule has 64 valence electrons. The van der Waals surface area contributed by atoms with Crippen molar-refractivity contribution in [2.45, 2.75) is 18.5 Å². The van der Waals surface area contributed by atoms with Crippen LogP contribution in [0.2, 0.25) is 0 Å². The monoisotopic (exact) mass is 162 g/mol. The van der Waals surface area contributed by atoms with Gasteiger partial charge in [0, 0.05) is 0 Å². The zero-order chi connectivity index (χ0) is 8.43. The SMILES string of the molecule is OCC1=CC(O)[C@H](O)[C@@H](O)O1. The lowest BCUT2D eigenvalue weighted by atomic mass is 10.1. The number of hydrogen-bond acceptors (Lipinski definition) is 5. The highest BCUT2D eigenvalue weighted by Gasteiger charge is 2.30. The molecule has 4 N–H and O–H groups in total. The second-order valence-electron chi connectivity index (χ2n) is 2.28. The molecular formula is C6H10O5. The number of rotatable bonds is 1. The Morgan fingerprint density at radius 1 is 1.36 bits per heavy atom. The molecule has 1 aliphatic heterocycles. The highest BCUT2D eigenvalue weighted by atomic mass is 16.6. The van der Waals surface area contributed by atoms with E-state index in [0.29, 0.717) is 0 Å². The third kappa shape index (κ3) is 1.69. The van der Waals surface area contributed by atoms with Crippen LogP contribution < -0.4 is 0 Å². The van der Waals surface area contributed by atoms with Crippen LogP contribution >= 0.6 is 0 Å². The lowest BCUT2D eigenvalue weighted by Gasteiger charge is -2.27. The summed E-state index contributed by atoms with van der Waals surface area (Å²) in [6, 6.07) is 0. The summed E-state index contributed by atoms with van der Waals surface area (Å²) in [5, 5.41) is 35.3. The maximum absolute atomic E-state index is 8.97. The summed E-state index contributed by atoms with van der Waals surface area (Å²) in [5.41, 5.74) is 0. The van der Waals surface area contributed by atoms with Gasteiger partial charge in [-0.05, 0) is 6.08 Å². The van der Waals surface area contributed by atoms with E-state index in [1.165, 1.54) is 0 Å². The van der Waals surface area contributed by atoms with Crippen LogP contribution in [0.5, 0.6) is 0 Å². The first kappa shape index (κ1) is 8.48. The Kier molecular flexibility index (Phi) is 2.45. The number of aliphatic hydroxyl groups is 4. The van der Waals surface area contributed by atoms with E-state index in [4.69, 9.17) is 20.4 Å². The van der Waals surface area contributed by atoms with Gasteiger partial charge in [-0.25, -0.2) is 0 Å². The molecule has 1 aliphatic rings. The summed E-state index contributed by atoms with van der Waals surface area (Å²) in [7, 11) is 0. The van der Waals surface area contributed by atoms with Crippen LogP contribution in [0, 0.1) is 0 Å². The maximum Gasteiger partial charge on any atom is 0.226 e. The lowest BCUT2D eigenvalue weighted by Crippen LogP contribution is -2.41. The highest BCUT2D eigenvalue weighted by Crippen LogP contribution is 2.15. The normalized spacial score (nSPS) is 37.8. The standard InChI is InChI=1S/C6H10O5/c7-2-3-1-4(8)5(9)6(10)11-3/h1,4-10H,2H2/t4?,5-,6-/m0/s1. The van der Waals surface area contributed by atoms with Crippen molar-refractivity contribution in [3.05, 3.63) is 11.8 Å². The van der Waals surface area contributed by atoms with E-state index < -0.39 is 25.1 Å². The molecule has 11 heavy (non-hydrogen) atoms. The molecule has 0 amide bonds. The van der Waals surface area contributed by atoms with E-state index in [1.807, 2.05) is 0 Å². The van der Waals surface area contributed by atoms with E-state index in [2.05, 4.69) is 4.74 Å². The Morgan fingerprint density at radius 3 is 2.45 bits per heavy atom. The third-order valence-electron chi connectivity index (χ3n) is 1.43. The molecule has 0 radical (unpaired) electrons. The molecule has 0 aromatic heterocycles. The highest BCUT2D eigenvalue weighted by molar-refractivity contribution is 5.04. The Bertz CT molecular complexity index is 166. The van der Waals surface area contributed by atoms with Gasteiger partial charge in [0.25, 0.3) is 0 Å². The molecule has 0 aromatic rings. The summed E-state index contributed by atoms with van der Waals surface area (Å²) < 4.78 is 4.57. The minimum Gasteiger partial charge on any atom is -0.464 e. The van der Waals surface area contributed by atoms with Gasteiger partial charge >= 0.3 is 0 Å². The molecule has 1 heterocycles. The number of aliphatic hydroxyl groups excluding tert-OH is 4. The van der Waals surface area contributed by atoms with Gasteiger partial charge in [-0.1, -0.05) is 0 Å². The summed E-state index contributed by atoms with van der Waals surface area (Å²) >= 11 is 0. The van der Waals surface area contributed by atoms with Crippen LogP contribution in [0.3, 0.4) is 0 Å². The summed E-state index contributed by atoms with van der Waals surface area (Å²) in [6.45, 7) is -0.402. The summed E-state index contributed by atoms with van der Waals surface area (Å²) in [6.07, 6.45) is -2.83. The van der Waals surface area contributed by atoms with Crippen molar-refractivity contribution in [1.29, 1.82) is 0 Å². The molecule has 5 heteroatoms. The molecule has 1 rings (SSSR count). The van der Waals surface area contributed by atoms with Gasteiger partial charge in [-0.15, -0.1) is 0 Å². The topological polar surface area (TPSA) is 90.2 Å². The fourth-order valence-corrected chi connectivity index (χ4v) is 0.812. The van der Waals surface area contributed by atoms with Crippen LogP contribution in [0.4, 0.5) is 0 Å². The molecule has 0 saturated carbocycles. The lowest BCUT2D eigenvalue weighted by molar-refractivity contribution is -0.177. The second-order valence-corrected chi connectivity index (χ2v) is 2.28. The fraction of sp³-hybridized carbons (Fsp3) is 0.667. The fourth-order valence-electron chi connectivity index (χ4n) is 0.812. The van der Waals surface area contributed by atoms with Crippen molar-refractivity contribution in [3.8, 4) is 0 Å². The van der Waals surface area contributed by atoms with Crippen LogP contribution in [0.25, 0.3) is 0 Å². The van der Waals surface area contributed by atoms with Crippen molar-refractivity contribution in [3.63, 3.8) is 0 Å². The Hall–Kier alpha value is -0.620. The van der Waals surface area contributed by atoms with Crippen LogP contribution in [0.1, 0.15) is 0 Å². The first-order valence-electron chi connectivity index (χ1n) is 3.17. The van der Waals surface area contributed by atoms with E-state index in [9.17, 15) is 0 Å². The number of hydrogen-bond donors (Lipinski definition) is 4. The average Bonchev–Trinajstić information content (AvgIpc) is 1.99. The van der Waals surface area contributed by atoms with Gasteiger partial charge in [-0.3, -0.25) is 0 Å². The van der Waals surface area contributed by atoms with Gasteiger partial charge in [0.15, 0.2) is 0 Å². The minimum absolute atomic E-state index is 0.0651. The van der Waals surface area contributed by atoms with Crippen molar-refractivity contribution in [1.82, 2.24) is 0 Å². The Balaban J connectivity index is 2.68. The third-order valence-corrected chi connectivity index (χ3v) is 1.43. The molecule has 1 unspecified atom stereocenters. The molecule has 3 atom stereocenters. The van der Waals surface area contributed by atoms with E-state index in [-0.39, 0.29) is 5.76 Å². The van der Waals surface area contributed by atoms with Gasteiger partial charge < -0.3 is 25.2 Å².